The highest BCUT2D eigenvalue weighted by Gasteiger charge is 2.40. The lowest BCUT2D eigenvalue weighted by molar-refractivity contribution is -0.136. The van der Waals surface area contributed by atoms with Crippen LogP contribution in [-0.4, -0.2) is 66.0 Å². The second-order valence-electron chi connectivity index (χ2n) is 9.58. The first-order valence-corrected chi connectivity index (χ1v) is 12.6. The Morgan fingerprint density at radius 1 is 1.03 bits per heavy atom. The Morgan fingerprint density at radius 3 is 2.47 bits per heavy atom. The molecule has 4 amide bonds. The quantitative estimate of drug-likeness (QED) is 0.497. The van der Waals surface area contributed by atoms with Crippen LogP contribution in [-0.2, 0) is 45.4 Å². The molecule has 0 spiro atoms. The molecule has 0 radical (unpaired) electrons. The summed E-state index contributed by atoms with van der Waals surface area (Å²) in [7, 11) is 0. The van der Waals surface area contributed by atoms with Crippen molar-refractivity contribution in [2.24, 2.45) is 5.73 Å². The molecular formula is C27H30N4O7. The minimum Gasteiger partial charge on any atom is -0.488 e. The molecule has 2 fully saturated rings. The van der Waals surface area contributed by atoms with Crippen LogP contribution in [0.4, 0.5) is 4.79 Å². The van der Waals surface area contributed by atoms with Crippen molar-refractivity contribution >= 4 is 23.8 Å². The first kappa shape index (κ1) is 25.7. The fraction of sp³-hybridized carbons (Fsp3) is 0.407. The zero-order valence-corrected chi connectivity index (χ0v) is 20.9. The lowest BCUT2D eigenvalue weighted by atomic mass is 10.0. The molecule has 0 saturated carbocycles. The number of fused-ring (bicyclic) bond motifs is 1. The fourth-order valence-corrected chi connectivity index (χ4v) is 5.02. The molecule has 200 valence electrons. The number of hydrogen-bond donors (Lipinski definition) is 2. The maximum atomic E-state index is 13.2. The molecular weight excluding hydrogens is 492 g/mol. The van der Waals surface area contributed by atoms with Crippen molar-refractivity contribution in [1.29, 1.82) is 0 Å². The molecule has 2 aromatic carbocycles. The Morgan fingerprint density at radius 2 is 1.76 bits per heavy atom. The number of primary amides is 1. The van der Waals surface area contributed by atoms with E-state index in [-0.39, 0.29) is 44.4 Å². The number of carbonyl (C=O) groups is 4. The van der Waals surface area contributed by atoms with Gasteiger partial charge in [-0.2, -0.15) is 0 Å². The van der Waals surface area contributed by atoms with Gasteiger partial charge in [0, 0.05) is 42.7 Å². The van der Waals surface area contributed by atoms with E-state index in [0.29, 0.717) is 22.4 Å². The summed E-state index contributed by atoms with van der Waals surface area (Å²) in [6.07, 6.45) is -0.498. The highest BCUT2D eigenvalue weighted by molar-refractivity contribution is 6.05. The Labute approximate surface area is 219 Å². The van der Waals surface area contributed by atoms with Crippen LogP contribution >= 0.6 is 0 Å². The second-order valence-corrected chi connectivity index (χ2v) is 9.58. The number of nitrogens with zero attached hydrogens (tertiary/aromatic N) is 2. The van der Waals surface area contributed by atoms with Gasteiger partial charge >= 0.3 is 6.09 Å². The van der Waals surface area contributed by atoms with E-state index in [1.165, 1.54) is 10.5 Å². The Bertz CT molecular complexity index is 1240. The molecule has 2 saturated heterocycles. The highest BCUT2D eigenvalue weighted by Crippen LogP contribution is 2.37. The molecule has 0 bridgehead atoms. The minimum atomic E-state index is -0.923. The average Bonchev–Trinajstić information content (AvgIpc) is 3.24. The zero-order valence-electron chi connectivity index (χ0n) is 20.9. The summed E-state index contributed by atoms with van der Waals surface area (Å²) in [5, 5.41) is 2.31. The molecule has 11 nitrogen and oxygen atoms in total. The van der Waals surface area contributed by atoms with Gasteiger partial charge in [0.15, 0.2) is 0 Å². The Hall–Kier alpha value is -3.96. The first-order chi connectivity index (χ1) is 18.4. The smallest absolute Gasteiger partial charge is 0.404 e. The lowest BCUT2D eigenvalue weighted by Gasteiger charge is -2.29. The van der Waals surface area contributed by atoms with Crippen LogP contribution in [0.25, 0.3) is 0 Å². The van der Waals surface area contributed by atoms with Crippen molar-refractivity contribution in [2.45, 2.75) is 45.2 Å². The van der Waals surface area contributed by atoms with E-state index < -0.39 is 18.0 Å². The van der Waals surface area contributed by atoms with E-state index in [2.05, 4.69) is 22.3 Å². The normalized spacial score (nSPS) is 19.7. The average molecular weight is 523 g/mol. The first-order valence-electron chi connectivity index (χ1n) is 12.6. The Kier molecular flexibility index (Phi) is 7.57. The number of nitrogens with one attached hydrogen (secondary N) is 1. The number of imide groups is 1. The van der Waals surface area contributed by atoms with Crippen molar-refractivity contribution < 1.29 is 33.4 Å². The summed E-state index contributed by atoms with van der Waals surface area (Å²) in [6.45, 7) is 4.41. The van der Waals surface area contributed by atoms with Crippen molar-refractivity contribution in [3.8, 4) is 5.75 Å². The molecule has 38 heavy (non-hydrogen) atoms. The van der Waals surface area contributed by atoms with Crippen LogP contribution in [0.3, 0.4) is 0 Å². The predicted octanol–water partition coefficient (Wildman–Crippen LogP) is 1.45. The molecule has 2 aromatic rings. The minimum absolute atomic E-state index is 0.122. The van der Waals surface area contributed by atoms with E-state index in [4.69, 9.17) is 19.9 Å². The molecule has 0 aliphatic carbocycles. The van der Waals surface area contributed by atoms with Crippen molar-refractivity contribution in [1.82, 2.24) is 15.1 Å². The number of rotatable bonds is 8. The van der Waals surface area contributed by atoms with Gasteiger partial charge in [0.05, 0.1) is 19.8 Å². The van der Waals surface area contributed by atoms with E-state index in [1.54, 1.807) is 12.1 Å². The third kappa shape index (κ3) is 5.63. The number of ether oxygens (including phenoxy) is 3. The molecule has 0 unspecified atom stereocenters. The molecule has 3 aliphatic rings. The molecule has 11 heteroatoms. The summed E-state index contributed by atoms with van der Waals surface area (Å²) in [4.78, 5) is 52.3. The number of piperidine rings is 1. The van der Waals surface area contributed by atoms with Crippen molar-refractivity contribution in [2.75, 3.05) is 26.3 Å². The van der Waals surface area contributed by atoms with Gasteiger partial charge in [-0.15, -0.1) is 0 Å². The predicted molar refractivity (Wildman–Crippen MR) is 134 cm³/mol. The van der Waals surface area contributed by atoms with E-state index in [1.807, 2.05) is 12.1 Å². The van der Waals surface area contributed by atoms with Crippen LogP contribution in [0.15, 0.2) is 36.4 Å². The number of benzene rings is 2. The van der Waals surface area contributed by atoms with Crippen LogP contribution in [0.1, 0.15) is 45.5 Å². The largest absolute Gasteiger partial charge is 0.488 e. The Balaban J connectivity index is 1.33. The van der Waals surface area contributed by atoms with Crippen LogP contribution in [0.2, 0.25) is 0 Å². The number of hydrogen-bond acceptors (Lipinski definition) is 8. The van der Waals surface area contributed by atoms with Gasteiger partial charge in [-0.05, 0) is 23.6 Å². The monoisotopic (exact) mass is 522 g/mol. The summed E-state index contributed by atoms with van der Waals surface area (Å²) in [5.41, 5.74) is 8.87. The number of amides is 4. The summed E-state index contributed by atoms with van der Waals surface area (Å²) in [6, 6.07) is 10.7. The van der Waals surface area contributed by atoms with Gasteiger partial charge in [-0.25, -0.2) is 4.79 Å². The lowest BCUT2D eigenvalue weighted by Crippen LogP contribution is -2.52. The standard InChI is InChI=1S/C27H30N4O7/c28-27(35)38-16-19-5-6-20-21(14-31(26(20)34)22-7-8-23(32)29-25(22)33)24(19)37-15-18-3-1-17(2-4-18)13-30-9-11-36-12-10-30/h1-6,22H,7-16H2,(H2,28,35)(H,29,32,33)/t22-/m0/s1. The third-order valence-electron chi connectivity index (χ3n) is 7.03. The topological polar surface area (TPSA) is 140 Å². The molecule has 5 rings (SSSR count). The molecule has 1 atom stereocenters. The van der Waals surface area contributed by atoms with Gasteiger partial charge < -0.3 is 24.8 Å². The van der Waals surface area contributed by atoms with Crippen LogP contribution in [0.5, 0.6) is 5.75 Å². The number of nitrogens with two attached hydrogens (primary N) is 1. The van der Waals surface area contributed by atoms with E-state index >= 15 is 0 Å². The molecule has 3 aliphatic heterocycles. The van der Waals surface area contributed by atoms with E-state index in [9.17, 15) is 19.2 Å². The molecule has 0 aromatic heterocycles. The number of morpholine rings is 1. The highest BCUT2D eigenvalue weighted by atomic mass is 16.5. The SMILES string of the molecule is NC(=O)OCc1ccc2c(c1OCc1ccc(CN3CCOCC3)cc1)CN([C@H]1CCC(=O)NC1=O)C2=O. The van der Waals surface area contributed by atoms with Gasteiger partial charge in [-0.1, -0.05) is 30.3 Å². The second kappa shape index (κ2) is 11.2. The van der Waals surface area contributed by atoms with Crippen molar-refractivity contribution in [3.63, 3.8) is 0 Å². The maximum absolute atomic E-state index is 13.2. The summed E-state index contributed by atoms with van der Waals surface area (Å²) < 4.78 is 16.6. The number of carbonyl (C=O) groups excluding carboxylic acids is 4. The van der Waals surface area contributed by atoms with Crippen LogP contribution in [0, 0.1) is 0 Å². The maximum Gasteiger partial charge on any atom is 0.404 e. The summed E-state index contributed by atoms with van der Waals surface area (Å²) >= 11 is 0. The van der Waals surface area contributed by atoms with E-state index in [0.717, 1.165) is 38.4 Å². The zero-order chi connectivity index (χ0) is 26.6. The van der Waals surface area contributed by atoms with Gasteiger partial charge in [0.2, 0.25) is 11.8 Å². The van der Waals surface area contributed by atoms with Gasteiger partial charge in [-0.3, -0.25) is 24.6 Å². The van der Waals surface area contributed by atoms with Gasteiger partial charge in [0.1, 0.15) is 25.0 Å². The molecule has 3 N–H and O–H groups in total. The fourth-order valence-electron chi connectivity index (χ4n) is 5.02. The third-order valence-corrected chi connectivity index (χ3v) is 7.03. The molecule has 3 heterocycles. The van der Waals surface area contributed by atoms with Crippen LogP contribution < -0.4 is 15.8 Å². The van der Waals surface area contributed by atoms with Gasteiger partial charge in [0.25, 0.3) is 5.91 Å². The summed E-state index contributed by atoms with van der Waals surface area (Å²) in [5.74, 6) is -0.723. The van der Waals surface area contributed by atoms with Crippen molar-refractivity contribution in [3.05, 3.63) is 64.2 Å².